The van der Waals surface area contributed by atoms with Crippen LogP contribution in [0.2, 0.25) is 0 Å². The highest BCUT2D eigenvalue weighted by molar-refractivity contribution is 6.05. The van der Waals surface area contributed by atoms with Crippen LogP contribution in [-0.2, 0) is 4.74 Å². The number of pyridine rings is 1. The summed E-state index contributed by atoms with van der Waals surface area (Å²) in [6, 6.07) is 10.8. The lowest BCUT2D eigenvalue weighted by Crippen LogP contribution is -2.50. The Morgan fingerprint density at radius 3 is 2.48 bits per heavy atom. The maximum Gasteiger partial charge on any atom is 0.410 e. The molecule has 2 amide bonds. The lowest BCUT2D eigenvalue weighted by molar-refractivity contribution is 0.0214. The maximum absolute atomic E-state index is 14.7. The van der Waals surface area contributed by atoms with Gasteiger partial charge in [0.25, 0.3) is 11.5 Å². The number of carbonyl (C=O) groups is 2. The van der Waals surface area contributed by atoms with Crippen LogP contribution >= 0.6 is 0 Å². The Morgan fingerprint density at radius 1 is 1.02 bits per heavy atom. The zero-order chi connectivity index (χ0) is 28.8. The molecule has 2 bridgehead atoms. The Bertz CT molecular complexity index is 1530. The number of para-hydroxylation sites is 1. The molecule has 2 aliphatic rings. The summed E-state index contributed by atoms with van der Waals surface area (Å²) in [6.45, 7) is 6.34. The zero-order valence-corrected chi connectivity index (χ0v) is 22.6. The minimum atomic E-state index is -0.777. The van der Waals surface area contributed by atoms with Crippen molar-refractivity contribution in [2.75, 3.05) is 30.4 Å². The fraction of sp³-hybridized carbons (Fsp3) is 0.345. The van der Waals surface area contributed by atoms with Gasteiger partial charge < -0.3 is 24.6 Å². The molecule has 11 heteroatoms. The molecule has 3 heterocycles. The number of halogens is 2. The molecule has 3 aromatic rings. The number of likely N-dealkylation sites (tertiary alicyclic amines) is 1. The van der Waals surface area contributed by atoms with Gasteiger partial charge in [-0.1, -0.05) is 6.07 Å². The first-order valence-corrected chi connectivity index (χ1v) is 12.9. The molecule has 0 radical (unpaired) electrons. The molecule has 1 N–H and O–H groups in total. The minimum Gasteiger partial charge on any atom is -0.494 e. The highest BCUT2D eigenvalue weighted by Crippen LogP contribution is 2.39. The molecule has 2 saturated heterocycles. The summed E-state index contributed by atoms with van der Waals surface area (Å²) < 4.78 is 40.7. The van der Waals surface area contributed by atoms with Crippen LogP contribution in [0.25, 0.3) is 5.69 Å². The van der Waals surface area contributed by atoms with Crippen molar-refractivity contribution >= 4 is 23.4 Å². The van der Waals surface area contributed by atoms with Gasteiger partial charge in [-0.05, 0) is 69.7 Å². The van der Waals surface area contributed by atoms with E-state index >= 15 is 0 Å². The Balaban J connectivity index is 1.40. The number of nitrogens with zero attached hydrogens (tertiary/aromatic N) is 3. The van der Waals surface area contributed by atoms with Crippen molar-refractivity contribution in [3.8, 4) is 11.4 Å². The van der Waals surface area contributed by atoms with Crippen molar-refractivity contribution in [1.29, 1.82) is 0 Å². The van der Waals surface area contributed by atoms with E-state index in [-0.39, 0.29) is 40.9 Å². The van der Waals surface area contributed by atoms with Crippen molar-refractivity contribution in [2.45, 2.75) is 44.9 Å². The molecule has 210 valence electrons. The van der Waals surface area contributed by atoms with Gasteiger partial charge in [-0.15, -0.1) is 0 Å². The second kappa shape index (κ2) is 10.3. The number of hydrogen-bond acceptors (Lipinski definition) is 6. The Morgan fingerprint density at radius 2 is 1.80 bits per heavy atom. The monoisotopic (exact) mass is 552 g/mol. The Kier molecular flexibility index (Phi) is 6.99. The predicted octanol–water partition coefficient (Wildman–Crippen LogP) is 4.57. The second-order valence-corrected chi connectivity index (χ2v) is 10.8. The molecular weight excluding hydrogens is 522 g/mol. The predicted molar refractivity (Wildman–Crippen MR) is 145 cm³/mol. The molecule has 0 spiro atoms. The summed E-state index contributed by atoms with van der Waals surface area (Å²) in [5, 5.41) is 2.67. The molecule has 40 heavy (non-hydrogen) atoms. The normalized spacial score (nSPS) is 18.1. The number of anilines is 2. The number of piperazine rings is 1. The van der Waals surface area contributed by atoms with Crippen molar-refractivity contribution in [3.05, 3.63) is 82.3 Å². The van der Waals surface area contributed by atoms with E-state index in [4.69, 9.17) is 9.47 Å². The van der Waals surface area contributed by atoms with Crippen LogP contribution in [0, 0.1) is 11.6 Å². The number of nitrogens with one attached hydrogen (secondary N) is 1. The number of benzene rings is 2. The largest absolute Gasteiger partial charge is 0.494 e. The van der Waals surface area contributed by atoms with Gasteiger partial charge in [0.05, 0.1) is 24.5 Å². The first-order valence-electron chi connectivity index (χ1n) is 12.9. The molecule has 0 saturated carbocycles. The van der Waals surface area contributed by atoms with Crippen LogP contribution in [-0.4, -0.2) is 59.4 Å². The van der Waals surface area contributed by atoms with Crippen LogP contribution in [0.5, 0.6) is 5.75 Å². The first kappa shape index (κ1) is 27.2. The average Bonchev–Trinajstić information content (AvgIpc) is 3.49. The number of rotatable bonds is 5. The van der Waals surface area contributed by atoms with Crippen molar-refractivity contribution in [1.82, 2.24) is 9.47 Å². The van der Waals surface area contributed by atoms with Gasteiger partial charge in [0, 0.05) is 25.3 Å². The van der Waals surface area contributed by atoms with E-state index in [2.05, 4.69) is 5.32 Å². The van der Waals surface area contributed by atoms with E-state index in [1.54, 1.807) is 11.0 Å². The van der Waals surface area contributed by atoms with E-state index < -0.39 is 28.7 Å². The van der Waals surface area contributed by atoms with Gasteiger partial charge in [-0.25, -0.2) is 13.6 Å². The smallest absolute Gasteiger partial charge is 0.410 e. The summed E-state index contributed by atoms with van der Waals surface area (Å²) in [4.78, 5) is 43.0. The molecular formula is C29H30F2N4O5. The van der Waals surface area contributed by atoms with Crippen LogP contribution in [0.1, 0.15) is 37.6 Å². The number of carbonyl (C=O) groups excluding carboxylic acids is 2. The van der Waals surface area contributed by atoms with Gasteiger partial charge in [0.15, 0.2) is 5.82 Å². The van der Waals surface area contributed by atoms with Crippen molar-refractivity contribution < 1.29 is 27.8 Å². The number of aromatic nitrogens is 1. The van der Waals surface area contributed by atoms with Crippen LogP contribution in [0.3, 0.4) is 0 Å². The van der Waals surface area contributed by atoms with Gasteiger partial charge in [-0.2, -0.15) is 0 Å². The summed E-state index contributed by atoms with van der Waals surface area (Å²) in [5.74, 6) is -1.92. The average molecular weight is 553 g/mol. The minimum absolute atomic E-state index is 0.0545. The van der Waals surface area contributed by atoms with E-state index in [0.717, 1.165) is 4.57 Å². The molecule has 5 rings (SSSR count). The fourth-order valence-corrected chi connectivity index (χ4v) is 5.29. The lowest BCUT2D eigenvalue weighted by Gasteiger charge is -2.37. The van der Waals surface area contributed by atoms with Crippen molar-refractivity contribution in [3.63, 3.8) is 0 Å². The topological polar surface area (TPSA) is 93.1 Å². The number of hydrogen-bond donors (Lipinski definition) is 1. The van der Waals surface area contributed by atoms with E-state index in [9.17, 15) is 23.2 Å². The maximum atomic E-state index is 14.7. The third-order valence-electron chi connectivity index (χ3n) is 6.99. The quantitative estimate of drug-likeness (QED) is 0.499. The number of methoxy groups -OCH3 is 1. The number of ether oxygens (including phenoxy) is 2. The van der Waals surface area contributed by atoms with Crippen LogP contribution < -0.4 is 20.5 Å². The summed E-state index contributed by atoms with van der Waals surface area (Å²) in [5.41, 5.74) is -1.02. The van der Waals surface area contributed by atoms with Gasteiger partial charge in [0.2, 0.25) is 0 Å². The summed E-state index contributed by atoms with van der Waals surface area (Å²) in [7, 11) is 1.35. The molecule has 0 aliphatic carbocycles. The summed E-state index contributed by atoms with van der Waals surface area (Å²) in [6.07, 6.45) is 1.67. The molecule has 9 nitrogen and oxygen atoms in total. The van der Waals surface area contributed by atoms with E-state index in [1.807, 2.05) is 25.7 Å². The Hall–Kier alpha value is -4.41. The molecule has 2 aromatic carbocycles. The van der Waals surface area contributed by atoms with E-state index in [0.29, 0.717) is 25.2 Å². The standard InChI is InChI=1S/C29H30F2N4O5/c1-29(2,3)40-28(38)35-16-18-14-19(35)15-34(18)23-11-10-17(30)13-22(23)32-26(36)20-7-6-12-33(27(20)37)25-21(31)8-5-9-24(25)39-4/h5-13,18-19H,14-16H2,1-4H3,(H,32,36)/t18-,19-/m1/s1. The molecule has 1 aromatic heterocycles. The van der Waals surface area contributed by atoms with Gasteiger partial charge >= 0.3 is 6.09 Å². The molecule has 0 unspecified atom stereocenters. The third kappa shape index (κ3) is 5.11. The number of fused-ring (bicyclic) bond motifs is 2. The Labute approximate surface area is 229 Å². The van der Waals surface area contributed by atoms with Crippen LogP contribution in [0.15, 0.2) is 59.5 Å². The van der Waals surface area contributed by atoms with Crippen LogP contribution in [0.4, 0.5) is 25.0 Å². The highest BCUT2D eigenvalue weighted by atomic mass is 19.1. The fourth-order valence-electron chi connectivity index (χ4n) is 5.29. The lowest BCUT2D eigenvalue weighted by atomic mass is 10.1. The summed E-state index contributed by atoms with van der Waals surface area (Å²) >= 11 is 0. The molecule has 2 aliphatic heterocycles. The molecule has 2 fully saturated rings. The second-order valence-electron chi connectivity index (χ2n) is 10.8. The zero-order valence-electron chi connectivity index (χ0n) is 22.6. The third-order valence-corrected chi connectivity index (χ3v) is 6.99. The number of amides is 2. The first-order chi connectivity index (χ1) is 19.0. The van der Waals surface area contributed by atoms with Gasteiger partial charge in [0.1, 0.15) is 28.4 Å². The highest BCUT2D eigenvalue weighted by Gasteiger charge is 2.47. The van der Waals surface area contributed by atoms with Crippen molar-refractivity contribution in [2.24, 2.45) is 0 Å². The molecule has 2 atom stereocenters. The SMILES string of the molecule is COc1cccc(F)c1-n1cccc(C(=O)Nc2cc(F)ccc2N2C[C@H]3C[C@@H]2CN3C(=O)OC(C)(C)C)c1=O. The van der Waals surface area contributed by atoms with E-state index in [1.165, 1.54) is 55.8 Å². The van der Waals surface area contributed by atoms with Gasteiger partial charge in [-0.3, -0.25) is 14.2 Å².